The fourth-order valence-corrected chi connectivity index (χ4v) is 2.72. The lowest BCUT2D eigenvalue weighted by Crippen LogP contribution is -2.20. The number of hydrogen-bond acceptors (Lipinski definition) is 2. The minimum atomic E-state index is -4.31. The maximum Gasteiger partial charge on any atom is 0.416 e. The van der Waals surface area contributed by atoms with E-state index < -0.39 is 17.7 Å². The predicted octanol–water partition coefficient (Wildman–Crippen LogP) is 3.39. The van der Waals surface area contributed by atoms with Gasteiger partial charge >= 0.3 is 12.1 Å². The molecule has 1 aliphatic rings. The number of rotatable bonds is 5. The first-order chi connectivity index (χ1) is 9.84. The highest BCUT2D eigenvalue weighted by Crippen LogP contribution is 2.30. The molecule has 21 heavy (non-hydrogen) atoms. The maximum absolute atomic E-state index is 12.7. The van der Waals surface area contributed by atoms with E-state index in [9.17, 15) is 18.0 Å². The van der Waals surface area contributed by atoms with Crippen molar-refractivity contribution in [3.05, 3.63) is 35.4 Å². The standard InChI is InChI=1S/C15H18F3NO2/c16-15(17,18)13-3-1-2-12(8-13)10-19-7-6-11(9-19)4-5-14(20)21/h1-3,8,11H,4-7,9-10H2,(H,20,21). The Kier molecular flexibility index (Phi) is 4.88. The van der Waals surface area contributed by atoms with Crippen LogP contribution >= 0.6 is 0 Å². The average Bonchev–Trinajstić information content (AvgIpc) is 2.83. The number of carboxylic acids is 1. The van der Waals surface area contributed by atoms with Crippen LogP contribution in [0, 0.1) is 5.92 Å². The molecule has 0 amide bonds. The Labute approximate surface area is 121 Å². The van der Waals surface area contributed by atoms with Crippen molar-refractivity contribution in [1.29, 1.82) is 0 Å². The normalized spacial score (nSPS) is 19.9. The number of likely N-dealkylation sites (tertiary alicyclic amines) is 1. The van der Waals surface area contributed by atoms with Crippen molar-refractivity contribution < 1.29 is 23.1 Å². The van der Waals surface area contributed by atoms with Crippen LogP contribution in [0.2, 0.25) is 0 Å². The Morgan fingerprint density at radius 3 is 2.81 bits per heavy atom. The van der Waals surface area contributed by atoms with Gasteiger partial charge in [-0.05, 0) is 36.9 Å². The van der Waals surface area contributed by atoms with Crippen LogP contribution in [-0.4, -0.2) is 29.1 Å². The highest BCUT2D eigenvalue weighted by atomic mass is 19.4. The summed E-state index contributed by atoms with van der Waals surface area (Å²) in [6, 6.07) is 5.38. The molecule has 1 atom stereocenters. The van der Waals surface area contributed by atoms with Gasteiger partial charge in [-0.15, -0.1) is 0 Å². The second-order valence-corrected chi connectivity index (χ2v) is 5.52. The molecule has 1 heterocycles. The number of aliphatic carboxylic acids is 1. The van der Waals surface area contributed by atoms with E-state index in [4.69, 9.17) is 5.11 Å². The van der Waals surface area contributed by atoms with Gasteiger partial charge in [-0.1, -0.05) is 18.2 Å². The van der Waals surface area contributed by atoms with Gasteiger partial charge in [0.25, 0.3) is 0 Å². The minimum absolute atomic E-state index is 0.155. The zero-order valence-electron chi connectivity index (χ0n) is 11.6. The molecule has 6 heteroatoms. The number of hydrogen-bond donors (Lipinski definition) is 1. The number of carbonyl (C=O) groups is 1. The molecule has 0 aromatic heterocycles. The fourth-order valence-electron chi connectivity index (χ4n) is 2.72. The van der Waals surface area contributed by atoms with E-state index >= 15 is 0 Å². The van der Waals surface area contributed by atoms with Crippen molar-refractivity contribution >= 4 is 5.97 Å². The molecule has 3 nitrogen and oxygen atoms in total. The molecule has 1 saturated heterocycles. The van der Waals surface area contributed by atoms with E-state index in [0.717, 1.165) is 25.6 Å². The van der Waals surface area contributed by atoms with Gasteiger partial charge in [0.05, 0.1) is 5.56 Å². The van der Waals surface area contributed by atoms with Crippen molar-refractivity contribution in [2.45, 2.75) is 32.0 Å². The molecule has 1 N–H and O–H groups in total. The van der Waals surface area contributed by atoms with Crippen molar-refractivity contribution in [2.75, 3.05) is 13.1 Å². The molecule has 116 valence electrons. The summed E-state index contributed by atoms with van der Waals surface area (Å²) < 4.78 is 38.0. The monoisotopic (exact) mass is 301 g/mol. The lowest BCUT2D eigenvalue weighted by molar-refractivity contribution is -0.138. The minimum Gasteiger partial charge on any atom is -0.481 e. The van der Waals surface area contributed by atoms with Crippen molar-refractivity contribution in [2.24, 2.45) is 5.92 Å². The number of carboxylic acid groups (broad SMARTS) is 1. The molecule has 1 fully saturated rings. The van der Waals surface area contributed by atoms with Crippen LogP contribution in [0.3, 0.4) is 0 Å². The summed E-state index contributed by atoms with van der Waals surface area (Å²) in [5.41, 5.74) is 0.0188. The van der Waals surface area contributed by atoms with Gasteiger partial charge in [-0.3, -0.25) is 9.69 Å². The van der Waals surface area contributed by atoms with E-state index in [1.807, 2.05) is 0 Å². The molecular weight excluding hydrogens is 283 g/mol. The van der Waals surface area contributed by atoms with E-state index in [1.165, 1.54) is 12.1 Å². The number of nitrogens with zero attached hydrogens (tertiary/aromatic N) is 1. The van der Waals surface area contributed by atoms with Crippen LogP contribution in [0.1, 0.15) is 30.4 Å². The van der Waals surface area contributed by atoms with Crippen LogP contribution in [0.4, 0.5) is 13.2 Å². The lowest BCUT2D eigenvalue weighted by atomic mass is 10.0. The first-order valence-electron chi connectivity index (χ1n) is 6.95. The Morgan fingerprint density at radius 1 is 1.38 bits per heavy atom. The van der Waals surface area contributed by atoms with Crippen molar-refractivity contribution in [1.82, 2.24) is 4.90 Å². The van der Waals surface area contributed by atoms with Crippen molar-refractivity contribution in [3.63, 3.8) is 0 Å². The van der Waals surface area contributed by atoms with Gasteiger partial charge in [0, 0.05) is 19.5 Å². The Balaban J connectivity index is 1.90. The van der Waals surface area contributed by atoms with Crippen LogP contribution in [-0.2, 0) is 17.5 Å². The Morgan fingerprint density at radius 2 is 2.14 bits per heavy atom. The second-order valence-electron chi connectivity index (χ2n) is 5.52. The SMILES string of the molecule is O=C(O)CCC1CCN(Cc2cccc(C(F)(F)F)c2)C1. The molecule has 0 radical (unpaired) electrons. The zero-order chi connectivity index (χ0) is 15.5. The molecule has 0 aliphatic carbocycles. The number of benzene rings is 1. The summed E-state index contributed by atoms with van der Waals surface area (Å²) in [5, 5.41) is 8.66. The quantitative estimate of drug-likeness (QED) is 0.906. The zero-order valence-corrected chi connectivity index (χ0v) is 11.6. The molecule has 1 aromatic rings. The fraction of sp³-hybridized carbons (Fsp3) is 0.533. The van der Waals surface area contributed by atoms with Gasteiger partial charge in [-0.25, -0.2) is 0 Å². The topological polar surface area (TPSA) is 40.5 Å². The third kappa shape index (κ3) is 4.74. The third-order valence-corrected chi connectivity index (χ3v) is 3.80. The van der Waals surface area contributed by atoms with E-state index in [1.54, 1.807) is 6.07 Å². The van der Waals surface area contributed by atoms with Crippen LogP contribution in [0.25, 0.3) is 0 Å². The lowest BCUT2D eigenvalue weighted by Gasteiger charge is -2.17. The molecule has 2 rings (SSSR count). The molecule has 0 spiro atoms. The summed E-state index contributed by atoms with van der Waals surface area (Å²) in [5.74, 6) is -0.474. The van der Waals surface area contributed by atoms with Gasteiger partial charge in [0.1, 0.15) is 0 Å². The predicted molar refractivity (Wildman–Crippen MR) is 71.7 cm³/mol. The number of alkyl halides is 3. The van der Waals surface area contributed by atoms with E-state index in [-0.39, 0.29) is 6.42 Å². The smallest absolute Gasteiger partial charge is 0.416 e. The van der Waals surface area contributed by atoms with Crippen molar-refractivity contribution in [3.8, 4) is 0 Å². The largest absolute Gasteiger partial charge is 0.481 e. The molecule has 0 bridgehead atoms. The second kappa shape index (κ2) is 6.47. The average molecular weight is 301 g/mol. The summed E-state index contributed by atoms with van der Waals surface area (Å²) in [6.07, 6.45) is -2.62. The third-order valence-electron chi connectivity index (χ3n) is 3.80. The molecule has 1 aliphatic heterocycles. The van der Waals surface area contributed by atoms with E-state index in [0.29, 0.717) is 24.4 Å². The summed E-state index contributed by atoms with van der Waals surface area (Å²) in [4.78, 5) is 12.6. The molecule has 0 saturated carbocycles. The van der Waals surface area contributed by atoms with E-state index in [2.05, 4.69) is 4.90 Å². The van der Waals surface area contributed by atoms with Gasteiger partial charge in [-0.2, -0.15) is 13.2 Å². The molecule has 1 unspecified atom stereocenters. The Hall–Kier alpha value is -1.56. The highest BCUT2D eigenvalue weighted by Gasteiger charge is 2.30. The number of halogens is 3. The first kappa shape index (κ1) is 15.8. The molecular formula is C15H18F3NO2. The van der Waals surface area contributed by atoms with Gasteiger partial charge in [0.2, 0.25) is 0 Å². The van der Waals surface area contributed by atoms with Gasteiger partial charge < -0.3 is 5.11 Å². The Bertz CT molecular complexity index is 502. The van der Waals surface area contributed by atoms with Crippen LogP contribution < -0.4 is 0 Å². The van der Waals surface area contributed by atoms with Crippen LogP contribution in [0.5, 0.6) is 0 Å². The summed E-state index contributed by atoms with van der Waals surface area (Å²) >= 11 is 0. The van der Waals surface area contributed by atoms with Crippen LogP contribution in [0.15, 0.2) is 24.3 Å². The first-order valence-corrected chi connectivity index (χ1v) is 6.95. The highest BCUT2D eigenvalue weighted by molar-refractivity contribution is 5.66. The summed E-state index contributed by atoms with van der Waals surface area (Å²) in [7, 11) is 0. The molecule has 1 aromatic carbocycles. The summed E-state index contributed by atoms with van der Waals surface area (Å²) in [6.45, 7) is 2.04. The van der Waals surface area contributed by atoms with Gasteiger partial charge in [0.15, 0.2) is 0 Å². The maximum atomic E-state index is 12.7.